The molecule has 0 radical (unpaired) electrons. The van der Waals surface area contributed by atoms with Gasteiger partial charge in [0.2, 0.25) is 5.91 Å². The van der Waals surface area contributed by atoms with E-state index in [4.69, 9.17) is 0 Å². The summed E-state index contributed by atoms with van der Waals surface area (Å²) in [6.07, 6.45) is 2.04. The van der Waals surface area contributed by atoms with Crippen molar-refractivity contribution < 1.29 is 4.79 Å². The SMILES string of the molecule is O=C(Nc1nn[nH]n1)C1CCCS1. The monoisotopic (exact) mass is 199 g/mol. The van der Waals surface area contributed by atoms with Gasteiger partial charge in [0.05, 0.1) is 5.25 Å². The lowest BCUT2D eigenvalue weighted by atomic mass is 10.2. The van der Waals surface area contributed by atoms with Gasteiger partial charge in [0.1, 0.15) is 0 Å². The lowest BCUT2D eigenvalue weighted by molar-refractivity contribution is -0.115. The van der Waals surface area contributed by atoms with Crippen LogP contribution in [0, 0.1) is 0 Å². The molecule has 70 valence electrons. The van der Waals surface area contributed by atoms with Crippen LogP contribution in [-0.2, 0) is 4.79 Å². The van der Waals surface area contributed by atoms with Crippen molar-refractivity contribution >= 4 is 23.6 Å². The van der Waals surface area contributed by atoms with Crippen LogP contribution in [0.3, 0.4) is 0 Å². The fourth-order valence-corrected chi connectivity index (χ4v) is 2.35. The second-order valence-corrected chi connectivity index (χ2v) is 4.04. The maximum Gasteiger partial charge on any atom is 0.269 e. The second-order valence-electron chi connectivity index (χ2n) is 2.73. The first-order valence-corrected chi connectivity index (χ1v) is 5.07. The largest absolute Gasteiger partial charge is 0.291 e. The molecular formula is C6H9N5OS. The van der Waals surface area contributed by atoms with Crippen molar-refractivity contribution in [2.45, 2.75) is 18.1 Å². The number of hydrogen-bond donors (Lipinski definition) is 2. The number of aromatic nitrogens is 4. The average molecular weight is 199 g/mol. The quantitative estimate of drug-likeness (QED) is 0.702. The van der Waals surface area contributed by atoms with E-state index in [0.29, 0.717) is 0 Å². The standard InChI is InChI=1S/C6H9N5OS/c12-5(4-2-1-3-13-4)7-6-8-10-11-9-6/h4H,1-3H2,(H2,7,8,9,10,11,12). The van der Waals surface area contributed by atoms with Crippen LogP contribution < -0.4 is 5.32 Å². The number of carbonyl (C=O) groups is 1. The Morgan fingerprint density at radius 2 is 2.62 bits per heavy atom. The highest BCUT2D eigenvalue weighted by atomic mass is 32.2. The molecule has 2 N–H and O–H groups in total. The maximum absolute atomic E-state index is 11.5. The van der Waals surface area contributed by atoms with Gasteiger partial charge in [-0.25, -0.2) is 0 Å². The molecule has 0 saturated carbocycles. The van der Waals surface area contributed by atoms with Crippen LogP contribution in [0.2, 0.25) is 0 Å². The summed E-state index contributed by atoms with van der Waals surface area (Å²) in [7, 11) is 0. The summed E-state index contributed by atoms with van der Waals surface area (Å²) in [5.41, 5.74) is 0. The third kappa shape index (κ3) is 1.97. The van der Waals surface area contributed by atoms with Crippen molar-refractivity contribution in [2.75, 3.05) is 11.1 Å². The van der Waals surface area contributed by atoms with Crippen molar-refractivity contribution in [1.29, 1.82) is 0 Å². The van der Waals surface area contributed by atoms with E-state index in [2.05, 4.69) is 25.9 Å². The number of thioether (sulfide) groups is 1. The van der Waals surface area contributed by atoms with E-state index in [1.807, 2.05) is 0 Å². The Morgan fingerprint density at radius 3 is 3.23 bits per heavy atom. The van der Waals surface area contributed by atoms with Crippen LogP contribution in [0.25, 0.3) is 0 Å². The molecule has 13 heavy (non-hydrogen) atoms. The van der Waals surface area contributed by atoms with Crippen molar-refractivity contribution in [3.63, 3.8) is 0 Å². The molecule has 7 heteroatoms. The highest BCUT2D eigenvalue weighted by Gasteiger charge is 2.23. The Kier molecular flexibility index (Phi) is 2.44. The number of H-pyrrole nitrogens is 1. The minimum Gasteiger partial charge on any atom is -0.291 e. The number of tetrazole rings is 1. The lowest BCUT2D eigenvalue weighted by Gasteiger charge is -2.05. The summed E-state index contributed by atoms with van der Waals surface area (Å²) >= 11 is 1.67. The molecular weight excluding hydrogens is 190 g/mol. The van der Waals surface area contributed by atoms with Crippen molar-refractivity contribution in [3.05, 3.63) is 0 Å². The number of aromatic amines is 1. The molecule has 1 fully saturated rings. The van der Waals surface area contributed by atoms with E-state index >= 15 is 0 Å². The first-order chi connectivity index (χ1) is 6.36. The van der Waals surface area contributed by atoms with E-state index in [1.54, 1.807) is 11.8 Å². The predicted octanol–water partition coefficient (Wildman–Crippen LogP) is 0.0338. The van der Waals surface area contributed by atoms with Crippen LogP contribution in [-0.4, -0.2) is 37.5 Å². The van der Waals surface area contributed by atoms with Crippen LogP contribution in [0.1, 0.15) is 12.8 Å². The first-order valence-electron chi connectivity index (χ1n) is 4.02. The summed E-state index contributed by atoms with van der Waals surface area (Å²) in [4.78, 5) is 11.5. The minimum absolute atomic E-state index is 0.0242. The van der Waals surface area contributed by atoms with Gasteiger partial charge in [-0.2, -0.15) is 5.21 Å². The maximum atomic E-state index is 11.5. The van der Waals surface area contributed by atoms with Gasteiger partial charge in [0.25, 0.3) is 5.95 Å². The minimum atomic E-state index is -0.0242. The summed E-state index contributed by atoms with van der Waals surface area (Å²) in [5.74, 6) is 1.28. The van der Waals surface area contributed by atoms with E-state index in [9.17, 15) is 4.79 Å². The van der Waals surface area contributed by atoms with E-state index in [-0.39, 0.29) is 17.1 Å². The normalized spacial score (nSPS) is 21.7. The van der Waals surface area contributed by atoms with Gasteiger partial charge >= 0.3 is 0 Å². The summed E-state index contributed by atoms with van der Waals surface area (Å²) in [5, 5.41) is 15.5. The van der Waals surface area contributed by atoms with Gasteiger partial charge < -0.3 is 0 Å². The van der Waals surface area contributed by atoms with Gasteiger partial charge in [-0.05, 0) is 23.8 Å². The number of hydrogen-bond acceptors (Lipinski definition) is 5. The summed E-state index contributed by atoms with van der Waals surface area (Å²) < 4.78 is 0. The van der Waals surface area contributed by atoms with Gasteiger partial charge in [0, 0.05) is 0 Å². The lowest BCUT2D eigenvalue weighted by Crippen LogP contribution is -2.23. The number of rotatable bonds is 2. The molecule has 1 amide bonds. The van der Waals surface area contributed by atoms with Crippen molar-refractivity contribution in [2.24, 2.45) is 0 Å². The topological polar surface area (TPSA) is 83.6 Å². The third-order valence-corrected chi connectivity index (χ3v) is 3.18. The van der Waals surface area contributed by atoms with E-state index in [0.717, 1.165) is 18.6 Å². The Hall–Kier alpha value is -1.11. The Bertz CT molecular complexity index is 281. The zero-order valence-electron chi connectivity index (χ0n) is 6.86. The molecule has 0 aromatic carbocycles. The fraction of sp³-hybridized carbons (Fsp3) is 0.667. The summed E-state index contributed by atoms with van der Waals surface area (Å²) in [6.45, 7) is 0. The molecule has 2 heterocycles. The zero-order valence-corrected chi connectivity index (χ0v) is 7.67. The van der Waals surface area contributed by atoms with E-state index < -0.39 is 0 Å². The van der Waals surface area contributed by atoms with Gasteiger partial charge in [-0.1, -0.05) is 5.10 Å². The molecule has 0 spiro atoms. The molecule has 1 saturated heterocycles. The molecule has 1 aliphatic heterocycles. The number of nitrogens with zero attached hydrogens (tertiary/aromatic N) is 3. The predicted molar refractivity (Wildman–Crippen MR) is 48.3 cm³/mol. The fourth-order valence-electron chi connectivity index (χ4n) is 1.19. The Balaban J connectivity index is 1.91. The molecule has 2 rings (SSSR count). The molecule has 0 bridgehead atoms. The van der Waals surface area contributed by atoms with Crippen molar-refractivity contribution in [3.8, 4) is 0 Å². The van der Waals surface area contributed by atoms with Gasteiger partial charge in [-0.3, -0.25) is 10.1 Å². The van der Waals surface area contributed by atoms with Gasteiger partial charge in [0.15, 0.2) is 0 Å². The average Bonchev–Trinajstić information content (AvgIpc) is 2.74. The highest BCUT2D eigenvalue weighted by molar-refractivity contribution is 8.00. The second kappa shape index (κ2) is 3.73. The molecule has 6 nitrogen and oxygen atoms in total. The van der Waals surface area contributed by atoms with Crippen LogP contribution >= 0.6 is 11.8 Å². The molecule has 1 unspecified atom stereocenters. The molecule has 0 aliphatic carbocycles. The Morgan fingerprint density at radius 1 is 1.69 bits per heavy atom. The molecule has 1 atom stereocenters. The molecule has 1 aromatic rings. The smallest absolute Gasteiger partial charge is 0.269 e. The van der Waals surface area contributed by atoms with Crippen molar-refractivity contribution in [1.82, 2.24) is 20.6 Å². The Labute approximate surface area is 78.9 Å². The number of nitrogens with one attached hydrogen (secondary N) is 2. The highest BCUT2D eigenvalue weighted by Crippen LogP contribution is 2.26. The van der Waals surface area contributed by atoms with Crippen LogP contribution in [0.5, 0.6) is 0 Å². The van der Waals surface area contributed by atoms with Gasteiger partial charge in [-0.15, -0.1) is 16.9 Å². The number of anilines is 1. The zero-order chi connectivity index (χ0) is 9.10. The van der Waals surface area contributed by atoms with E-state index in [1.165, 1.54) is 0 Å². The number of carbonyl (C=O) groups excluding carboxylic acids is 1. The summed E-state index contributed by atoms with van der Waals surface area (Å²) in [6, 6.07) is 0. The van der Waals surface area contributed by atoms with Crippen LogP contribution in [0.15, 0.2) is 0 Å². The van der Waals surface area contributed by atoms with Crippen LogP contribution in [0.4, 0.5) is 5.95 Å². The first kappa shape index (κ1) is 8.49. The third-order valence-electron chi connectivity index (χ3n) is 1.80. The molecule has 1 aliphatic rings. The number of amides is 1. The molecule has 1 aromatic heterocycles.